The highest BCUT2D eigenvalue weighted by Crippen LogP contribution is 2.21. The Labute approximate surface area is 148 Å². The van der Waals surface area contributed by atoms with Crippen LogP contribution in [-0.4, -0.2) is 12.0 Å². The number of nitrogens with zero attached hydrogens (tertiary/aromatic N) is 3. The van der Waals surface area contributed by atoms with Crippen molar-refractivity contribution in [3.05, 3.63) is 86.5 Å². The van der Waals surface area contributed by atoms with Gasteiger partial charge in [0, 0.05) is 23.3 Å². The van der Waals surface area contributed by atoms with Crippen LogP contribution in [0.5, 0.6) is 0 Å². The minimum Gasteiger partial charge on any atom is -0.336 e. The number of hydrogen-bond acceptors (Lipinski definition) is 4. The quantitative estimate of drug-likeness (QED) is 0.318. The number of hydrogen-bond donors (Lipinski definition) is 0. The van der Waals surface area contributed by atoms with Crippen LogP contribution in [0.15, 0.2) is 70.9 Å². The molecular weight excluding hydrogens is 370 g/mol. The van der Waals surface area contributed by atoms with Crippen molar-refractivity contribution in [1.29, 1.82) is 5.26 Å². The summed E-state index contributed by atoms with van der Waals surface area (Å²) < 4.78 is 0.957. The van der Waals surface area contributed by atoms with E-state index in [-0.39, 0.29) is 5.69 Å². The lowest BCUT2D eigenvalue weighted by molar-refractivity contribution is -0.385. The van der Waals surface area contributed by atoms with Gasteiger partial charge in [0.15, 0.2) is 0 Å². The number of rotatable bonds is 5. The second-order valence-corrected chi connectivity index (χ2v) is 5.79. The molecule has 0 saturated heterocycles. The average Bonchev–Trinajstić information content (AvgIpc) is 2.59. The van der Waals surface area contributed by atoms with E-state index >= 15 is 0 Å². The first kappa shape index (κ1) is 17.4. The predicted octanol–water partition coefficient (Wildman–Crippen LogP) is 4.91. The van der Waals surface area contributed by atoms with Gasteiger partial charge in [0.1, 0.15) is 11.8 Å². The van der Waals surface area contributed by atoms with Gasteiger partial charge in [-0.15, -0.1) is 0 Å². The third-order valence-electron chi connectivity index (χ3n) is 3.35. The van der Waals surface area contributed by atoms with Gasteiger partial charge in [0.25, 0.3) is 5.69 Å². The lowest BCUT2D eigenvalue weighted by Crippen LogP contribution is -2.14. The van der Waals surface area contributed by atoms with Crippen LogP contribution in [0.25, 0.3) is 6.08 Å². The fourth-order valence-electron chi connectivity index (χ4n) is 2.07. The fraction of sp³-hybridized carbons (Fsp3) is 0.0556. The molecule has 0 saturated carbocycles. The highest BCUT2D eigenvalue weighted by molar-refractivity contribution is 9.10. The number of nitriles is 1. The van der Waals surface area contributed by atoms with Gasteiger partial charge in [-0.3, -0.25) is 10.1 Å². The topological polar surface area (TPSA) is 70.2 Å². The molecule has 0 unspecified atom stereocenters. The maximum absolute atomic E-state index is 11.0. The SMILES string of the molecule is CN(/C(C#N)=C\C=C\c1ccccc1[N+](=O)[O-])c1ccc(Br)cc1. The molecule has 120 valence electrons. The standard InChI is InChI=1S/C18H14BrN3O2/c1-21(16-11-9-15(19)10-12-16)17(13-20)7-4-6-14-5-2-3-8-18(14)22(23)24/h2-12H,1H3/b6-4+,17-7-. The third kappa shape index (κ3) is 4.31. The molecule has 2 rings (SSSR count). The van der Waals surface area contributed by atoms with Crippen LogP contribution in [0, 0.1) is 21.4 Å². The summed E-state index contributed by atoms with van der Waals surface area (Å²) >= 11 is 3.37. The van der Waals surface area contributed by atoms with Crippen molar-refractivity contribution in [1.82, 2.24) is 0 Å². The predicted molar refractivity (Wildman–Crippen MR) is 98.4 cm³/mol. The van der Waals surface area contributed by atoms with E-state index in [1.165, 1.54) is 6.07 Å². The molecule has 2 aromatic rings. The first-order valence-electron chi connectivity index (χ1n) is 7.04. The second kappa shape index (κ2) is 8.09. The Kier molecular flexibility index (Phi) is 5.88. The number of para-hydroxylation sites is 1. The van der Waals surface area contributed by atoms with E-state index in [9.17, 15) is 15.4 Å². The zero-order chi connectivity index (χ0) is 17.5. The Balaban J connectivity index is 2.24. The van der Waals surface area contributed by atoms with Gasteiger partial charge in [-0.2, -0.15) is 5.26 Å². The molecular formula is C18H14BrN3O2. The maximum atomic E-state index is 11.0. The minimum atomic E-state index is -0.428. The summed E-state index contributed by atoms with van der Waals surface area (Å²) in [4.78, 5) is 12.3. The molecule has 0 amide bonds. The highest BCUT2D eigenvalue weighted by atomic mass is 79.9. The Morgan fingerprint density at radius 1 is 1.25 bits per heavy atom. The summed E-state index contributed by atoms with van der Waals surface area (Å²) in [6.07, 6.45) is 4.87. The van der Waals surface area contributed by atoms with Crippen LogP contribution in [-0.2, 0) is 0 Å². The van der Waals surface area contributed by atoms with Crippen LogP contribution < -0.4 is 4.90 Å². The van der Waals surface area contributed by atoms with E-state index in [0.717, 1.165) is 10.2 Å². The number of nitro benzene ring substituents is 1. The normalized spacial score (nSPS) is 11.3. The molecule has 0 spiro atoms. The molecule has 6 heteroatoms. The number of anilines is 1. The van der Waals surface area contributed by atoms with Crippen LogP contribution in [0.3, 0.4) is 0 Å². The zero-order valence-corrected chi connectivity index (χ0v) is 14.5. The van der Waals surface area contributed by atoms with Crippen molar-refractivity contribution in [2.75, 3.05) is 11.9 Å². The van der Waals surface area contributed by atoms with Gasteiger partial charge in [-0.05, 0) is 42.5 Å². The molecule has 0 atom stereocenters. The Morgan fingerprint density at radius 2 is 1.92 bits per heavy atom. The van der Waals surface area contributed by atoms with Crippen molar-refractivity contribution in [2.24, 2.45) is 0 Å². The summed E-state index contributed by atoms with van der Waals surface area (Å²) in [5.41, 5.74) is 1.81. The van der Waals surface area contributed by atoms with E-state index < -0.39 is 4.92 Å². The summed E-state index contributed by atoms with van der Waals surface area (Å²) in [5, 5.41) is 20.3. The number of allylic oxidation sites excluding steroid dienone is 3. The Bertz CT molecular complexity index is 836. The van der Waals surface area contributed by atoms with Crippen molar-refractivity contribution < 1.29 is 4.92 Å². The largest absolute Gasteiger partial charge is 0.336 e. The first-order chi connectivity index (χ1) is 11.5. The summed E-state index contributed by atoms with van der Waals surface area (Å²) in [6.45, 7) is 0. The highest BCUT2D eigenvalue weighted by Gasteiger charge is 2.09. The van der Waals surface area contributed by atoms with Crippen LogP contribution >= 0.6 is 15.9 Å². The third-order valence-corrected chi connectivity index (χ3v) is 3.88. The van der Waals surface area contributed by atoms with Crippen molar-refractivity contribution >= 4 is 33.4 Å². The molecule has 0 aliphatic rings. The minimum absolute atomic E-state index is 0.0296. The van der Waals surface area contributed by atoms with Gasteiger partial charge in [0.05, 0.1) is 10.5 Å². The average molecular weight is 384 g/mol. The van der Waals surface area contributed by atoms with E-state index in [1.54, 1.807) is 48.4 Å². The number of nitro groups is 1. The molecule has 0 N–H and O–H groups in total. The van der Waals surface area contributed by atoms with Gasteiger partial charge >= 0.3 is 0 Å². The van der Waals surface area contributed by atoms with E-state index in [1.807, 2.05) is 24.3 Å². The molecule has 0 aliphatic carbocycles. The Morgan fingerprint density at radius 3 is 2.54 bits per heavy atom. The lowest BCUT2D eigenvalue weighted by atomic mass is 10.1. The smallest absolute Gasteiger partial charge is 0.276 e. The molecule has 24 heavy (non-hydrogen) atoms. The van der Waals surface area contributed by atoms with Gasteiger partial charge in [-0.25, -0.2) is 0 Å². The number of halogens is 1. The summed E-state index contributed by atoms with van der Waals surface area (Å²) in [5.74, 6) is 0. The van der Waals surface area contributed by atoms with Crippen LogP contribution in [0.1, 0.15) is 5.56 Å². The molecule has 0 bridgehead atoms. The maximum Gasteiger partial charge on any atom is 0.276 e. The van der Waals surface area contributed by atoms with Crippen molar-refractivity contribution in [2.45, 2.75) is 0 Å². The fourth-order valence-corrected chi connectivity index (χ4v) is 2.33. The van der Waals surface area contributed by atoms with E-state index in [2.05, 4.69) is 22.0 Å². The van der Waals surface area contributed by atoms with Crippen molar-refractivity contribution in [3.63, 3.8) is 0 Å². The van der Waals surface area contributed by atoms with E-state index in [0.29, 0.717) is 11.3 Å². The molecule has 0 aliphatic heterocycles. The van der Waals surface area contributed by atoms with Crippen LogP contribution in [0.4, 0.5) is 11.4 Å². The number of benzene rings is 2. The zero-order valence-electron chi connectivity index (χ0n) is 12.9. The first-order valence-corrected chi connectivity index (χ1v) is 7.83. The van der Waals surface area contributed by atoms with Crippen molar-refractivity contribution in [3.8, 4) is 6.07 Å². The van der Waals surface area contributed by atoms with Gasteiger partial charge in [0.2, 0.25) is 0 Å². The summed E-state index contributed by atoms with van der Waals surface area (Å²) in [7, 11) is 1.79. The molecule has 0 radical (unpaired) electrons. The summed E-state index contributed by atoms with van der Waals surface area (Å²) in [6, 6.07) is 16.2. The van der Waals surface area contributed by atoms with Gasteiger partial charge in [-0.1, -0.05) is 34.1 Å². The molecule has 0 fully saturated rings. The molecule has 5 nitrogen and oxygen atoms in total. The molecule has 0 aromatic heterocycles. The van der Waals surface area contributed by atoms with Gasteiger partial charge < -0.3 is 4.90 Å². The monoisotopic (exact) mass is 383 g/mol. The Hall–Kier alpha value is -2.91. The van der Waals surface area contributed by atoms with Crippen LogP contribution in [0.2, 0.25) is 0 Å². The lowest BCUT2D eigenvalue weighted by Gasteiger charge is -2.17. The molecule has 0 heterocycles. The molecule has 2 aromatic carbocycles. The van der Waals surface area contributed by atoms with E-state index in [4.69, 9.17) is 0 Å². The second-order valence-electron chi connectivity index (χ2n) is 4.87.